The van der Waals surface area contributed by atoms with Crippen LogP contribution in [0.2, 0.25) is 0 Å². The molecule has 2 aliphatic rings. The molecular weight excluding hydrogens is 364 g/mol. The molecule has 0 spiro atoms. The molecule has 2 amide bonds. The zero-order chi connectivity index (χ0) is 20.3. The van der Waals surface area contributed by atoms with Crippen LogP contribution in [0.1, 0.15) is 36.5 Å². The first kappa shape index (κ1) is 19.6. The fourth-order valence-electron chi connectivity index (χ4n) is 4.35. The van der Waals surface area contributed by atoms with Crippen LogP contribution in [-0.2, 0) is 32.6 Å². The van der Waals surface area contributed by atoms with Gasteiger partial charge in [0.2, 0.25) is 11.8 Å². The van der Waals surface area contributed by atoms with Crippen LogP contribution in [0.5, 0.6) is 0 Å². The standard InChI is InChI=1S/C24H28N2O3/c1-24(12-4-6-19-5-2-3-7-21(19)24)23(28)25-20-10-8-18(9-11-20)17-22(27)26-13-15-29-16-14-26/h2-3,5,7-11H,4,6,12-17H2,1H3,(H,25,28). The number of amides is 2. The van der Waals surface area contributed by atoms with Crippen molar-refractivity contribution in [2.24, 2.45) is 0 Å². The van der Waals surface area contributed by atoms with Crippen molar-refractivity contribution in [3.05, 3.63) is 65.2 Å². The summed E-state index contributed by atoms with van der Waals surface area (Å²) >= 11 is 0. The van der Waals surface area contributed by atoms with Crippen LogP contribution < -0.4 is 5.32 Å². The maximum Gasteiger partial charge on any atom is 0.234 e. The number of hydrogen-bond donors (Lipinski definition) is 1. The van der Waals surface area contributed by atoms with Gasteiger partial charge in [-0.05, 0) is 55.0 Å². The lowest BCUT2D eigenvalue weighted by Crippen LogP contribution is -2.41. The van der Waals surface area contributed by atoms with E-state index in [9.17, 15) is 9.59 Å². The van der Waals surface area contributed by atoms with Gasteiger partial charge in [0.15, 0.2) is 0 Å². The van der Waals surface area contributed by atoms with E-state index in [1.54, 1.807) is 0 Å². The third-order valence-corrected chi connectivity index (χ3v) is 6.17. The van der Waals surface area contributed by atoms with Crippen molar-refractivity contribution in [3.63, 3.8) is 0 Å². The number of carbonyl (C=O) groups excluding carboxylic acids is 2. The van der Waals surface area contributed by atoms with Gasteiger partial charge in [-0.25, -0.2) is 0 Å². The normalized spacial score (nSPS) is 21.3. The van der Waals surface area contributed by atoms with Crippen LogP contribution in [0.25, 0.3) is 0 Å². The predicted octanol–water partition coefficient (Wildman–Crippen LogP) is 3.32. The number of aryl methyl sites for hydroxylation is 1. The van der Waals surface area contributed by atoms with Gasteiger partial charge in [-0.15, -0.1) is 0 Å². The molecule has 5 heteroatoms. The van der Waals surface area contributed by atoms with Crippen LogP contribution >= 0.6 is 0 Å². The smallest absolute Gasteiger partial charge is 0.234 e. The number of morpholine rings is 1. The maximum absolute atomic E-state index is 13.1. The van der Waals surface area contributed by atoms with Crippen molar-refractivity contribution < 1.29 is 14.3 Å². The number of hydrogen-bond acceptors (Lipinski definition) is 3. The largest absolute Gasteiger partial charge is 0.378 e. The second-order valence-corrected chi connectivity index (χ2v) is 8.16. The summed E-state index contributed by atoms with van der Waals surface area (Å²) in [4.78, 5) is 27.4. The van der Waals surface area contributed by atoms with Crippen molar-refractivity contribution in [3.8, 4) is 0 Å². The quantitative estimate of drug-likeness (QED) is 0.868. The Morgan fingerprint density at radius 3 is 2.55 bits per heavy atom. The molecular formula is C24H28N2O3. The highest BCUT2D eigenvalue weighted by atomic mass is 16.5. The van der Waals surface area contributed by atoms with Gasteiger partial charge in [-0.1, -0.05) is 36.4 Å². The zero-order valence-corrected chi connectivity index (χ0v) is 16.9. The second kappa shape index (κ2) is 8.37. The number of ether oxygens (including phenoxy) is 1. The van der Waals surface area contributed by atoms with Crippen LogP contribution in [0.3, 0.4) is 0 Å². The number of carbonyl (C=O) groups is 2. The lowest BCUT2D eigenvalue weighted by atomic mass is 9.70. The van der Waals surface area contributed by atoms with Crippen molar-refractivity contribution in [2.75, 3.05) is 31.6 Å². The molecule has 1 heterocycles. The van der Waals surface area contributed by atoms with Gasteiger partial charge < -0.3 is 15.0 Å². The van der Waals surface area contributed by atoms with E-state index in [-0.39, 0.29) is 11.8 Å². The molecule has 1 atom stereocenters. The summed E-state index contributed by atoms with van der Waals surface area (Å²) in [6.07, 6.45) is 3.27. The van der Waals surface area contributed by atoms with Crippen molar-refractivity contribution in [2.45, 2.75) is 38.0 Å². The third kappa shape index (κ3) is 4.20. The first-order valence-electron chi connectivity index (χ1n) is 10.4. The molecule has 0 saturated carbocycles. The third-order valence-electron chi connectivity index (χ3n) is 6.17. The Kier molecular flexibility index (Phi) is 5.67. The van der Waals surface area contributed by atoms with Crippen molar-refractivity contribution in [1.29, 1.82) is 0 Å². The highest BCUT2D eigenvalue weighted by Gasteiger charge is 2.38. The summed E-state index contributed by atoms with van der Waals surface area (Å²) in [7, 11) is 0. The van der Waals surface area contributed by atoms with Gasteiger partial charge in [0.1, 0.15) is 0 Å². The Bertz CT molecular complexity index is 887. The molecule has 0 bridgehead atoms. The number of fused-ring (bicyclic) bond motifs is 1. The second-order valence-electron chi connectivity index (χ2n) is 8.16. The molecule has 2 aromatic rings. The summed E-state index contributed by atoms with van der Waals surface area (Å²) in [5.41, 5.74) is 3.61. The number of benzene rings is 2. The van der Waals surface area contributed by atoms with Crippen LogP contribution in [0.4, 0.5) is 5.69 Å². The fourth-order valence-corrected chi connectivity index (χ4v) is 4.35. The molecule has 1 unspecified atom stereocenters. The van der Waals surface area contributed by atoms with E-state index in [0.29, 0.717) is 32.7 Å². The first-order valence-corrected chi connectivity index (χ1v) is 10.4. The summed E-state index contributed by atoms with van der Waals surface area (Å²) in [6, 6.07) is 15.9. The van der Waals surface area contributed by atoms with Crippen LogP contribution in [-0.4, -0.2) is 43.0 Å². The van der Waals surface area contributed by atoms with E-state index in [0.717, 1.165) is 36.1 Å². The molecule has 1 aliphatic heterocycles. The Hall–Kier alpha value is -2.66. The molecule has 1 fully saturated rings. The van der Waals surface area contributed by atoms with Gasteiger partial charge in [-0.2, -0.15) is 0 Å². The molecule has 5 nitrogen and oxygen atoms in total. The summed E-state index contributed by atoms with van der Waals surface area (Å²) < 4.78 is 5.30. The topological polar surface area (TPSA) is 58.6 Å². The number of anilines is 1. The molecule has 2 aromatic carbocycles. The molecule has 1 saturated heterocycles. The molecule has 1 aliphatic carbocycles. The van der Waals surface area contributed by atoms with E-state index in [1.165, 1.54) is 5.56 Å². The predicted molar refractivity (Wildman–Crippen MR) is 113 cm³/mol. The maximum atomic E-state index is 13.1. The van der Waals surface area contributed by atoms with E-state index >= 15 is 0 Å². The minimum Gasteiger partial charge on any atom is -0.378 e. The number of nitrogens with one attached hydrogen (secondary N) is 1. The van der Waals surface area contributed by atoms with E-state index in [2.05, 4.69) is 17.4 Å². The van der Waals surface area contributed by atoms with Gasteiger partial charge in [0.05, 0.1) is 25.0 Å². The summed E-state index contributed by atoms with van der Waals surface area (Å²) in [5.74, 6) is 0.151. The molecule has 29 heavy (non-hydrogen) atoms. The minimum atomic E-state index is -0.514. The summed E-state index contributed by atoms with van der Waals surface area (Å²) in [6.45, 7) is 4.58. The Morgan fingerprint density at radius 1 is 1.07 bits per heavy atom. The monoisotopic (exact) mass is 392 g/mol. The molecule has 4 rings (SSSR count). The molecule has 0 radical (unpaired) electrons. The van der Waals surface area contributed by atoms with Crippen molar-refractivity contribution in [1.82, 2.24) is 4.90 Å². The molecule has 0 aromatic heterocycles. The molecule has 1 N–H and O–H groups in total. The van der Waals surface area contributed by atoms with Crippen molar-refractivity contribution >= 4 is 17.5 Å². The lowest BCUT2D eigenvalue weighted by Gasteiger charge is -2.34. The highest BCUT2D eigenvalue weighted by molar-refractivity contribution is 5.99. The SMILES string of the molecule is CC1(C(=O)Nc2ccc(CC(=O)N3CCOCC3)cc2)CCCc2ccccc21. The van der Waals surface area contributed by atoms with Crippen LogP contribution in [0, 0.1) is 0 Å². The number of rotatable bonds is 4. The van der Waals surface area contributed by atoms with Gasteiger partial charge >= 0.3 is 0 Å². The Morgan fingerprint density at radius 2 is 1.79 bits per heavy atom. The first-order chi connectivity index (χ1) is 14.1. The van der Waals surface area contributed by atoms with Gasteiger partial charge in [0.25, 0.3) is 0 Å². The average Bonchev–Trinajstić information content (AvgIpc) is 2.76. The van der Waals surface area contributed by atoms with Crippen LogP contribution in [0.15, 0.2) is 48.5 Å². The van der Waals surface area contributed by atoms with E-state index in [4.69, 9.17) is 4.74 Å². The number of nitrogens with zero attached hydrogens (tertiary/aromatic N) is 1. The average molecular weight is 392 g/mol. The zero-order valence-electron chi connectivity index (χ0n) is 16.9. The fraction of sp³-hybridized carbons (Fsp3) is 0.417. The Balaban J connectivity index is 1.41. The van der Waals surface area contributed by atoms with Gasteiger partial charge in [0, 0.05) is 18.8 Å². The van der Waals surface area contributed by atoms with E-state index < -0.39 is 5.41 Å². The molecule has 152 valence electrons. The Labute approximate surface area is 172 Å². The minimum absolute atomic E-state index is 0.0294. The van der Waals surface area contributed by atoms with Gasteiger partial charge in [-0.3, -0.25) is 9.59 Å². The lowest BCUT2D eigenvalue weighted by molar-refractivity contribution is -0.134. The van der Waals surface area contributed by atoms with E-state index in [1.807, 2.05) is 48.2 Å². The highest BCUT2D eigenvalue weighted by Crippen LogP contribution is 2.38. The summed E-state index contributed by atoms with van der Waals surface area (Å²) in [5, 5.41) is 3.09.